The maximum absolute atomic E-state index is 13.2. The topological polar surface area (TPSA) is 126 Å². The SMILES string of the molecule is Nc1cc(S(=O)(=O)N2CCC(F)(F)C2)cnc1C(=O)NCC(O)C(F)(F)F. The van der Waals surface area contributed by atoms with E-state index in [0.717, 1.165) is 6.07 Å². The summed E-state index contributed by atoms with van der Waals surface area (Å²) >= 11 is 0. The minimum absolute atomic E-state index is 0.410. The van der Waals surface area contributed by atoms with Gasteiger partial charge in [0.1, 0.15) is 4.90 Å². The van der Waals surface area contributed by atoms with Crippen LogP contribution in [0.25, 0.3) is 0 Å². The smallest absolute Gasteiger partial charge is 0.397 e. The van der Waals surface area contributed by atoms with E-state index in [1.54, 1.807) is 5.32 Å². The average molecular weight is 418 g/mol. The second-order valence-electron chi connectivity index (χ2n) is 5.82. The van der Waals surface area contributed by atoms with Crippen molar-refractivity contribution in [2.75, 3.05) is 25.4 Å². The van der Waals surface area contributed by atoms with Crippen molar-refractivity contribution in [3.63, 3.8) is 0 Å². The number of alkyl halides is 5. The maximum atomic E-state index is 13.2. The highest BCUT2D eigenvalue weighted by molar-refractivity contribution is 7.89. The molecule has 2 heterocycles. The first-order chi connectivity index (χ1) is 12.2. The largest absolute Gasteiger partial charge is 0.416 e. The molecule has 8 nitrogen and oxygen atoms in total. The van der Waals surface area contributed by atoms with Crippen molar-refractivity contribution < 1.29 is 40.3 Å². The number of aliphatic hydroxyl groups is 1. The molecule has 4 N–H and O–H groups in total. The Kier molecular flexibility index (Phi) is 5.64. The van der Waals surface area contributed by atoms with Gasteiger partial charge in [-0.2, -0.15) is 17.5 Å². The zero-order valence-corrected chi connectivity index (χ0v) is 14.3. The summed E-state index contributed by atoms with van der Waals surface area (Å²) in [6, 6.07) is 0.800. The van der Waals surface area contributed by atoms with Crippen LogP contribution in [-0.4, -0.2) is 66.6 Å². The van der Waals surface area contributed by atoms with Crippen LogP contribution in [0.2, 0.25) is 0 Å². The number of rotatable bonds is 5. The minimum Gasteiger partial charge on any atom is -0.397 e. The number of nitrogens with two attached hydrogens (primary N) is 1. The number of amides is 1. The molecule has 1 unspecified atom stereocenters. The van der Waals surface area contributed by atoms with Crippen LogP contribution in [0.5, 0.6) is 0 Å². The molecule has 27 heavy (non-hydrogen) atoms. The van der Waals surface area contributed by atoms with Crippen LogP contribution in [0.15, 0.2) is 17.2 Å². The highest BCUT2D eigenvalue weighted by Gasteiger charge is 2.44. The van der Waals surface area contributed by atoms with Gasteiger partial charge in [-0.05, 0) is 6.07 Å². The number of aromatic nitrogens is 1. The zero-order valence-electron chi connectivity index (χ0n) is 13.5. The number of pyridine rings is 1. The molecule has 0 saturated carbocycles. The Morgan fingerprint density at radius 3 is 2.56 bits per heavy atom. The summed E-state index contributed by atoms with van der Waals surface area (Å²) in [5, 5.41) is 10.6. The first kappa shape index (κ1) is 21.2. The fourth-order valence-electron chi connectivity index (χ4n) is 2.24. The molecule has 0 aromatic carbocycles. The molecule has 14 heteroatoms. The van der Waals surface area contributed by atoms with Gasteiger partial charge >= 0.3 is 6.18 Å². The summed E-state index contributed by atoms with van der Waals surface area (Å²) in [6.07, 6.45) is -7.70. The molecule has 0 bridgehead atoms. The van der Waals surface area contributed by atoms with E-state index in [4.69, 9.17) is 10.8 Å². The Morgan fingerprint density at radius 1 is 1.44 bits per heavy atom. The molecule has 1 aromatic rings. The van der Waals surface area contributed by atoms with Crippen LogP contribution in [0.1, 0.15) is 16.9 Å². The molecule has 1 fully saturated rings. The standard InChI is InChI=1S/C13H15F5N4O4S/c14-12(15)1-2-22(6-12)27(25,26)7-3-8(19)10(20-4-7)11(24)21-5-9(23)13(16,17)18/h3-4,9,23H,1-2,5-6,19H2,(H,21,24). The number of aliphatic hydroxyl groups excluding tert-OH is 1. The first-order valence-corrected chi connectivity index (χ1v) is 8.84. The number of hydrogen-bond acceptors (Lipinski definition) is 6. The number of nitrogen functional groups attached to an aromatic ring is 1. The summed E-state index contributed by atoms with van der Waals surface area (Å²) in [5.74, 6) is -4.34. The lowest BCUT2D eigenvalue weighted by atomic mass is 10.2. The Bertz CT molecular complexity index is 830. The quantitative estimate of drug-likeness (QED) is 0.593. The van der Waals surface area contributed by atoms with Crippen LogP contribution in [0.3, 0.4) is 0 Å². The monoisotopic (exact) mass is 418 g/mol. The van der Waals surface area contributed by atoms with E-state index in [1.807, 2.05) is 0 Å². The van der Waals surface area contributed by atoms with Crippen molar-refractivity contribution in [3.05, 3.63) is 18.0 Å². The Labute approximate surface area is 150 Å². The van der Waals surface area contributed by atoms with Gasteiger partial charge in [0.05, 0.1) is 18.8 Å². The Hall–Kier alpha value is -2.06. The zero-order chi connectivity index (χ0) is 20.6. The fraction of sp³-hybridized carbons (Fsp3) is 0.538. The molecule has 1 aliphatic heterocycles. The van der Waals surface area contributed by atoms with Crippen LogP contribution < -0.4 is 11.1 Å². The number of sulfonamides is 1. The number of anilines is 1. The molecular formula is C13H15F5N4O4S. The van der Waals surface area contributed by atoms with Gasteiger partial charge in [0.25, 0.3) is 11.8 Å². The molecule has 1 saturated heterocycles. The van der Waals surface area contributed by atoms with Crippen molar-refractivity contribution in [2.24, 2.45) is 0 Å². The molecule has 1 aliphatic rings. The van der Waals surface area contributed by atoms with Crippen molar-refractivity contribution >= 4 is 21.6 Å². The molecular weight excluding hydrogens is 403 g/mol. The molecule has 2 rings (SSSR count). The Balaban J connectivity index is 2.14. The van der Waals surface area contributed by atoms with Gasteiger partial charge < -0.3 is 16.2 Å². The van der Waals surface area contributed by atoms with E-state index < -0.39 is 76.5 Å². The lowest BCUT2D eigenvalue weighted by Crippen LogP contribution is -2.41. The highest BCUT2D eigenvalue weighted by atomic mass is 32.2. The van der Waals surface area contributed by atoms with Gasteiger partial charge in [0.15, 0.2) is 11.8 Å². The number of nitrogens with one attached hydrogen (secondary N) is 1. The fourth-order valence-corrected chi connectivity index (χ4v) is 3.69. The number of nitrogens with zero attached hydrogens (tertiary/aromatic N) is 2. The van der Waals surface area contributed by atoms with Gasteiger partial charge in [-0.1, -0.05) is 0 Å². The average Bonchev–Trinajstić information content (AvgIpc) is 2.92. The summed E-state index contributed by atoms with van der Waals surface area (Å²) in [6.45, 7) is -2.58. The summed E-state index contributed by atoms with van der Waals surface area (Å²) < 4.78 is 88.2. The van der Waals surface area contributed by atoms with Crippen molar-refractivity contribution in [3.8, 4) is 0 Å². The van der Waals surface area contributed by atoms with Gasteiger partial charge in [0, 0.05) is 19.2 Å². The first-order valence-electron chi connectivity index (χ1n) is 7.40. The normalized spacial score (nSPS) is 19.0. The van der Waals surface area contributed by atoms with Crippen molar-refractivity contribution in [1.29, 1.82) is 0 Å². The highest BCUT2D eigenvalue weighted by Crippen LogP contribution is 2.31. The summed E-state index contributed by atoms with van der Waals surface area (Å²) in [4.78, 5) is 14.8. The van der Waals surface area contributed by atoms with E-state index in [1.165, 1.54) is 0 Å². The van der Waals surface area contributed by atoms with E-state index in [2.05, 4.69) is 4.98 Å². The number of halogens is 5. The number of hydrogen-bond donors (Lipinski definition) is 3. The van der Waals surface area contributed by atoms with Gasteiger partial charge in [0.2, 0.25) is 10.0 Å². The lowest BCUT2D eigenvalue weighted by molar-refractivity contribution is -0.201. The number of carbonyl (C=O) groups is 1. The third-order valence-corrected chi connectivity index (χ3v) is 5.52. The molecule has 1 aromatic heterocycles. The lowest BCUT2D eigenvalue weighted by Gasteiger charge is -2.17. The van der Waals surface area contributed by atoms with Crippen LogP contribution >= 0.6 is 0 Å². The second-order valence-corrected chi connectivity index (χ2v) is 7.76. The van der Waals surface area contributed by atoms with Crippen molar-refractivity contribution in [2.45, 2.75) is 29.5 Å². The molecule has 0 spiro atoms. The van der Waals surface area contributed by atoms with E-state index in [-0.39, 0.29) is 0 Å². The van der Waals surface area contributed by atoms with E-state index >= 15 is 0 Å². The van der Waals surface area contributed by atoms with E-state index in [0.29, 0.717) is 10.5 Å². The van der Waals surface area contributed by atoms with Gasteiger partial charge in [-0.25, -0.2) is 22.2 Å². The maximum Gasteiger partial charge on any atom is 0.416 e. The molecule has 152 valence electrons. The molecule has 0 radical (unpaired) electrons. The van der Waals surface area contributed by atoms with Crippen LogP contribution in [0, 0.1) is 0 Å². The van der Waals surface area contributed by atoms with Crippen LogP contribution in [-0.2, 0) is 10.0 Å². The summed E-state index contributed by atoms with van der Waals surface area (Å²) in [7, 11) is -4.33. The minimum atomic E-state index is -4.94. The predicted molar refractivity (Wildman–Crippen MR) is 81.4 cm³/mol. The van der Waals surface area contributed by atoms with Crippen molar-refractivity contribution in [1.82, 2.24) is 14.6 Å². The van der Waals surface area contributed by atoms with Gasteiger partial charge in [-0.3, -0.25) is 4.79 Å². The summed E-state index contributed by atoms with van der Waals surface area (Å²) in [5.41, 5.74) is 4.46. The van der Waals surface area contributed by atoms with Gasteiger partial charge in [-0.15, -0.1) is 0 Å². The second kappa shape index (κ2) is 7.16. The molecule has 0 aliphatic carbocycles. The Morgan fingerprint density at radius 2 is 2.07 bits per heavy atom. The van der Waals surface area contributed by atoms with Crippen LogP contribution in [0.4, 0.5) is 27.6 Å². The third kappa shape index (κ3) is 4.81. The van der Waals surface area contributed by atoms with E-state index in [9.17, 15) is 35.2 Å². The molecule has 1 amide bonds. The number of carbonyl (C=O) groups excluding carboxylic acids is 1. The predicted octanol–water partition coefficient (Wildman–Crippen LogP) is 0.346. The molecule has 1 atom stereocenters. The third-order valence-electron chi connectivity index (χ3n) is 3.71.